The average molecular weight is 552 g/mol. The third-order valence-electron chi connectivity index (χ3n) is 6.65. The molecule has 0 bridgehead atoms. The minimum absolute atomic E-state index is 0.0114. The highest BCUT2D eigenvalue weighted by atomic mass is 19.4. The number of hydrogen-bond acceptors (Lipinski definition) is 5. The van der Waals surface area contributed by atoms with Crippen LogP contribution in [0.25, 0.3) is 17.6 Å². The molecule has 2 aromatic heterocycles. The lowest BCUT2D eigenvalue weighted by atomic mass is 10.0. The van der Waals surface area contributed by atoms with Crippen molar-refractivity contribution in [2.45, 2.75) is 37.9 Å². The highest BCUT2D eigenvalue weighted by Crippen LogP contribution is 2.35. The lowest BCUT2D eigenvalue weighted by Crippen LogP contribution is -2.31. The molecule has 206 valence electrons. The molecule has 11 heteroatoms. The maximum absolute atomic E-state index is 13.6. The van der Waals surface area contributed by atoms with Crippen LogP contribution in [-0.4, -0.2) is 37.4 Å². The Morgan fingerprint density at radius 2 is 1.77 bits per heavy atom. The van der Waals surface area contributed by atoms with E-state index < -0.39 is 29.6 Å². The van der Waals surface area contributed by atoms with E-state index in [4.69, 9.17) is 0 Å². The summed E-state index contributed by atoms with van der Waals surface area (Å²) in [6.45, 7) is -0.370. The molecule has 1 atom stereocenters. The van der Waals surface area contributed by atoms with Gasteiger partial charge < -0.3 is 10.4 Å². The summed E-state index contributed by atoms with van der Waals surface area (Å²) in [5.41, 5.74) is 1.89. The first kappa shape index (κ1) is 27.2. The molecule has 2 aromatic carbocycles. The van der Waals surface area contributed by atoms with Gasteiger partial charge in [0.05, 0.1) is 18.3 Å². The molecule has 0 saturated carbocycles. The molecule has 5 rings (SSSR count). The fourth-order valence-electron chi connectivity index (χ4n) is 4.74. The van der Waals surface area contributed by atoms with Gasteiger partial charge in [0.2, 0.25) is 0 Å². The molecule has 2 N–H and O–H groups in total. The number of halogens is 4. The van der Waals surface area contributed by atoms with Crippen molar-refractivity contribution in [2.24, 2.45) is 0 Å². The Kier molecular flexibility index (Phi) is 7.74. The number of aliphatic hydroxyl groups excluding tert-OH is 1. The van der Waals surface area contributed by atoms with Crippen LogP contribution in [0.15, 0.2) is 66.9 Å². The number of aliphatic hydroxyl groups is 1. The van der Waals surface area contributed by atoms with Crippen LogP contribution in [0.2, 0.25) is 0 Å². The number of nitrogens with one attached hydrogen (secondary N) is 1. The summed E-state index contributed by atoms with van der Waals surface area (Å²) in [6, 6.07) is 14.8. The smallest absolute Gasteiger partial charge is 0.394 e. The molecule has 4 aromatic rings. The number of carbonyl (C=O) groups is 1. The second-order valence-electron chi connectivity index (χ2n) is 9.37. The molecule has 0 saturated heterocycles. The van der Waals surface area contributed by atoms with Gasteiger partial charge in [0.1, 0.15) is 11.5 Å². The Balaban J connectivity index is 1.65. The predicted molar refractivity (Wildman–Crippen MR) is 140 cm³/mol. The zero-order valence-electron chi connectivity index (χ0n) is 21.2. The molecule has 0 unspecified atom stereocenters. The van der Waals surface area contributed by atoms with Crippen LogP contribution >= 0.6 is 0 Å². The lowest BCUT2D eigenvalue weighted by Gasteiger charge is -2.16. The quantitative estimate of drug-likeness (QED) is 0.242. The van der Waals surface area contributed by atoms with Gasteiger partial charge in [-0.1, -0.05) is 42.5 Å². The van der Waals surface area contributed by atoms with Gasteiger partial charge in [-0.05, 0) is 66.7 Å². The molecule has 0 spiro atoms. The van der Waals surface area contributed by atoms with Gasteiger partial charge in [-0.2, -0.15) is 23.0 Å². The largest absolute Gasteiger partial charge is 0.433 e. The Labute approximate surface area is 227 Å². The third-order valence-corrected chi connectivity index (χ3v) is 6.65. The Bertz CT molecular complexity index is 1530. The van der Waals surface area contributed by atoms with Gasteiger partial charge >= 0.3 is 6.18 Å². The van der Waals surface area contributed by atoms with Crippen molar-refractivity contribution in [3.05, 3.63) is 106 Å². The summed E-state index contributed by atoms with van der Waals surface area (Å²) < 4.78 is 55.2. The van der Waals surface area contributed by atoms with Gasteiger partial charge in [-0.3, -0.25) is 4.79 Å². The summed E-state index contributed by atoms with van der Waals surface area (Å²) in [6.07, 6.45) is 0.514. The maximum atomic E-state index is 13.6. The fraction of sp³-hybridized carbons (Fsp3) is 0.241. The SMILES string of the molecule is O=C(N[C@H](CO)c1ccccc1)c1nn(-c2nccc(C(F)(F)F)n2)c2c1CCCC/C2=C\c1ccc(F)cc1. The van der Waals surface area contributed by atoms with Crippen molar-refractivity contribution in [3.63, 3.8) is 0 Å². The average Bonchev–Trinajstić information content (AvgIpc) is 3.22. The van der Waals surface area contributed by atoms with Crippen LogP contribution in [0.3, 0.4) is 0 Å². The summed E-state index contributed by atoms with van der Waals surface area (Å²) >= 11 is 0. The van der Waals surface area contributed by atoms with Gasteiger partial charge in [-0.25, -0.2) is 14.4 Å². The standard InChI is InChI=1S/C29H25F4N5O2/c30-21-12-10-18(11-13-21)16-20-8-4-5-9-22-25(27(40)35-23(17-39)19-6-2-1-3-7-19)37-38(26(20)22)28-34-15-14-24(36-28)29(31,32)33/h1-3,6-7,10-16,23,39H,4-5,8-9,17H2,(H,35,40)/b20-16+/t23-/m1/s1. The van der Waals surface area contributed by atoms with E-state index >= 15 is 0 Å². The zero-order chi connectivity index (χ0) is 28.3. The molecule has 0 radical (unpaired) electrons. The highest BCUT2D eigenvalue weighted by Gasteiger charge is 2.34. The first-order chi connectivity index (χ1) is 19.2. The first-order valence-electron chi connectivity index (χ1n) is 12.7. The molecule has 40 heavy (non-hydrogen) atoms. The van der Waals surface area contributed by atoms with Crippen molar-refractivity contribution in [2.75, 3.05) is 6.61 Å². The molecule has 1 amide bonds. The summed E-state index contributed by atoms with van der Waals surface area (Å²) in [4.78, 5) is 21.3. The molecular weight excluding hydrogens is 526 g/mol. The Hall–Kier alpha value is -4.38. The fourth-order valence-corrected chi connectivity index (χ4v) is 4.74. The van der Waals surface area contributed by atoms with E-state index in [-0.39, 0.29) is 18.2 Å². The van der Waals surface area contributed by atoms with Crippen LogP contribution in [0.5, 0.6) is 0 Å². The van der Waals surface area contributed by atoms with Crippen molar-refractivity contribution in [1.29, 1.82) is 0 Å². The number of hydrogen-bond donors (Lipinski definition) is 2. The first-order valence-corrected chi connectivity index (χ1v) is 12.7. The van der Waals surface area contributed by atoms with Crippen LogP contribution in [-0.2, 0) is 12.6 Å². The summed E-state index contributed by atoms with van der Waals surface area (Å²) in [5, 5.41) is 17.2. The second kappa shape index (κ2) is 11.4. The molecule has 7 nitrogen and oxygen atoms in total. The number of carbonyl (C=O) groups excluding carboxylic acids is 1. The number of amides is 1. The number of benzene rings is 2. The number of rotatable bonds is 6. The van der Waals surface area contributed by atoms with Gasteiger partial charge in [0.15, 0.2) is 5.69 Å². The van der Waals surface area contributed by atoms with Crippen molar-refractivity contribution < 1.29 is 27.5 Å². The third kappa shape index (κ3) is 5.79. The topological polar surface area (TPSA) is 92.9 Å². The minimum atomic E-state index is -4.71. The summed E-state index contributed by atoms with van der Waals surface area (Å²) in [5.74, 6) is -1.33. The highest BCUT2D eigenvalue weighted by molar-refractivity contribution is 5.96. The monoisotopic (exact) mass is 551 g/mol. The summed E-state index contributed by atoms with van der Waals surface area (Å²) in [7, 11) is 0. The van der Waals surface area contributed by atoms with E-state index in [0.29, 0.717) is 47.2 Å². The number of alkyl halides is 3. The van der Waals surface area contributed by atoms with Crippen LogP contribution in [0.1, 0.15) is 63.9 Å². The Morgan fingerprint density at radius 1 is 1.05 bits per heavy atom. The van der Waals surface area contributed by atoms with Crippen molar-refractivity contribution in [1.82, 2.24) is 25.1 Å². The van der Waals surface area contributed by atoms with Crippen LogP contribution in [0, 0.1) is 5.82 Å². The van der Waals surface area contributed by atoms with E-state index in [0.717, 1.165) is 18.7 Å². The second-order valence-corrected chi connectivity index (χ2v) is 9.37. The van der Waals surface area contributed by atoms with E-state index in [2.05, 4.69) is 20.4 Å². The molecule has 0 fully saturated rings. The minimum Gasteiger partial charge on any atom is -0.394 e. The Morgan fingerprint density at radius 3 is 2.48 bits per heavy atom. The molecule has 0 aliphatic heterocycles. The van der Waals surface area contributed by atoms with Crippen LogP contribution < -0.4 is 5.32 Å². The van der Waals surface area contributed by atoms with E-state index in [1.54, 1.807) is 42.5 Å². The number of allylic oxidation sites excluding steroid dienone is 1. The van der Waals surface area contributed by atoms with Crippen molar-refractivity contribution in [3.8, 4) is 5.95 Å². The van der Waals surface area contributed by atoms with Gasteiger partial charge in [-0.15, -0.1) is 0 Å². The number of aromatic nitrogens is 4. The van der Waals surface area contributed by atoms with E-state index in [9.17, 15) is 27.5 Å². The normalized spacial score (nSPS) is 15.4. The van der Waals surface area contributed by atoms with Gasteiger partial charge in [0, 0.05) is 11.8 Å². The maximum Gasteiger partial charge on any atom is 0.433 e. The zero-order valence-corrected chi connectivity index (χ0v) is 21.2. The number of fused-ring (bicyclic) bond motifs is 1. The molecular formula is C29H25F4N5O2. The number of nitrogens with zero attached hydrogens (tertiary/aromatic N) is 4. The van der Waals surface area contributed by atoms with E-state index in [1.165, 1.54) is 16.8 Å². The van der Waals surface area contributed by atoms with Crippen LogP contribution in [0.4, 0.5) is 17.6 Å². The lowest BCUT2D eigenvalue weighted by molar-refractivity contribution is -0.141. The van der Waals surface area contributed by atoms with E-state index in [1.807, 2.05) is 6.07 Å². The molecule has 2 heterocycles. The predicted octanol–water partition coefficient (Wildman–Crippen LogP) is 5.55. The van der Waals surface area contributed by atoms with Crippen molar-refractivity contribution >= 4 is 17.6 Å². The molecule has 1 aliphatic rings. The molecule has 1 aliphatic carbocycles. The van der Waals surface area contributed by atoms with Gasteiger partial charge in [0.25, 0.3) is 11.9 Å².